The molecule has 0 atom stereocenters. The maximum absolute atomic E-state index is 12.2. The van der Waals surface area contributed by atoms with Crippen molar-refractivity contribution in [1.29, 1.82) is 0 Å². The lowest BCUT2D eigenvalue weighted by Gasteiger charge is -2.04. The van der Waals surface area contributed by atoms with E-state index in [1.54, 1.807) is 12.1 Å². The van der Waals surface area contributed by atoms with Gasteiger partial charge in [-0.1, -0.05) is 46.6 Å². The summed E-state index contributed by atoms with van der Waals surface area (Å²) in [6.07, 6.45) is 0.215. The predicted molar refractivity (Wildman–Crippen MR) is 115 cm³/mol. The van der Waals surface area contributed by atoms with E-state index in [-0.39, 0.29) is 25.0 Å². The number of carbonyl (C=O) groups excluding carboxylic acids is 1. The third kappa shape index (κ3) is 5.03. The molecular formula is C21H17ClN4O3S. The van der Waals surface area contributed by atoms with Crippen LogP contribution in [0.2, 0.25) is 5.02 Å². The molecule has 0 spiro atoms. The number of amides is 1. The normalized spacial score (nSPS) is 10.7. The minimum atomic E-state index is -0.123. The van der Waals surface area contributed by atoms with Crippen LogP contribution in [0.5, 0.6) is 6.08 Å². The molecule has 0 fully saturated rings. The van der Waals surface area contributed by atoms with Gasteiger partial charge in [0.05, 0.1) is 17.1 Å². The Morgan fingerprint density at radius 3 is 2.77 bits per heavy atom. The van der Waals surface area contributed by atoms with Gasteiger partial charge in [-0.3, -0.25) is 9.32 Å². The van der Waals surface area contributed by atoms with Gasteiger partial charge in [-0.05, 0) is 31.2 Å². The third-order valence-corrected chi connectivity index (χ3v) is 5.34. The van der Waals surface area contributed by atoms with Gasteiger partial charge in [-0.2, -0.15) is 4.98 Å². The van der Waals surface area contributed by atoms with Crippen LogP contribution < -0.4 is 10.1 Å². The molecule has 2 heterocycles. The van der Waals surface area contributed by atoms with E-state index in [9.17, 15) is 4.79 Å². The van der Waals surface area contributed by atoms with Crippen molar-refractivity contribution in [3.8, 4) is 17.5 Å². The molecule has 152 valence electrons. The van der Waals surface area contributed by atoms with E-state index in [4.69, 9.17) is 20.9 Å². The van der Waals surface area contributed by atoms with Gasteiger partial charge in [0.2, 0.25) is 11.7 Å². The van der Waals surface area contributed by atoms with Gasteiger partial charge in [-0.25, -0.2) is 4.98 Å². The summed E-state index contributed by atoms with van der Waals surface area (Å²) in [7, 11) is 0. The molecular weight excluding hydrogens is 424 g/mol. The summed E-state index contributed by atoms with van der Waals surface area (Å²) in [4.78, 5) is 20.8. The Kier molecular flexibility index (Phi) is 6.06. The van der Waals surface area contributed by atoms with E-state index in [0.29, 0.717) is 27.1 Å². The molecule has 1 N–H and O–H groups in total. The zero-order valence-electron chi connectivity index (χ0n) is 16.0. The minimum absolute atomic E-state index is 0.0246. The van der Waals surface area contributed by atoms with Gasteiger partial charge in [0, 0.05) is 16.6 Å². The molecule has 0 aliphatic heterocycles. The first-order chi connectivity index (χ1) is 14.6. The van der Waals surface area contributed by atoms with E-state index in [1.807, 2.05) is 48.7 Å². The molecule has 2 aromatic heterocycles. The first-order valence-electron chi connectivity index (χ1n) is 9.08. The number of anilines is 1. The summed E-state index contributed by atoms with van der Waals surface area (Å²) in [5.74, 6) is 0.226. The van der Waals surface area contributed by atoms with Crippen LogP contribution in [0.4, 0.5) is 5.69 Å². The van der Waals surface area contributed by atoms with Crippen molar-refractivity contribution in [2.45, 2.75) is 20.0 Å². The largest absolute Gasteiger partial charge is 0.442 e. The highest BCUT2D eigenvalue weighted by Crippen LogP contribution is 2.26. The second-order valence-corrected chi connectivity index (χ2v) is 7.83. The van der Waals surface area contributed by atoms with Crippen molar-refractivity contribution in [3.63, 3.8) is 0 Å². The molecule has 7 nitrogen and oxygen atoms in total. The smallest absolute Gasteiger partial charge is 0.418 e. The highest BCUT2D eigenvalue weighted by atomic mass is 35.5. The van der Waals surface area contributed by atoms with Crippen LogP contribution >= 0.6 is 22.9 Å². The lowest BCUT2D eigenvalue weighted by molar-refractivity contribution is -0.115. The molecule has 0 aliphatic rings. The molecule has 0 radical (unpaired) electrons. The molecule has 4 aromatic rings. The van der Waals surface area contributed by atoms with E-state index in [0.717, 1.165) is 11.3 Å². The first kappa shape index (κ1) is 20.1. The lowest BCUT2D eigenvalue weighted by Crippen LogP contribution is -2.14. The molecule has 2 aromatic carbocycles. The van der Waals surface area contributed by atoms with Gasteiger partial charge in [0.25, 0.3) is 0 Å². The van der Waals surface area contributed by atoms with Gasteiger partial charge in [0.15, 0.2) is 0 Å². The summed E-state index contributed by atoms with van der Waals surface area (Å²) in [5.41, 5.74) is 3.23. The van der Waals surface area contributed by atoms with Crippen LogP contribution in [0.1, 0.15) is 16.3 Å². The highest BCUT2D eigenvalue weighted by molar-refractivity contribution is 7.09. The standard InChI is InChI=1S/C21H17ClN4O3S/c1-13-6-8-14(9-7-13)23-18(27)10-19-24-15(12-30-19)11-28-21-25-20(26-29-21)16-4-2-3-5-17(16)22/h2-9,12H,10-11H2,1H3,(H,23,27). The zero-order valence-corrected chi connectivity index (χ0v) is 17.5. The van der Waals surface area contributed by atoms with Gasteiger partial charge < -0.3 is 10.1 Å². The van der Waals surface area contributed by atoms with Crippen LogP contribution in [0.3, 0.4) is 0 Å². The minimum Gasteiger partial charge on any atom is -0.442 e. The highest BCUT2D eigenvalue weighted by Gasteiger charge is 2.14. The second kappa shape index (κ2) is 9.06. The van der Waals surface area contributed by atoms with Crippen molar-refractivity contribution in [2.75, 3.05) is 5.32 Å². The van der Waals surface area contributed by atoms with E-state index >= 15 is 0 Å². The van der Waals surface area contributed by atoms with Crippen LogP contribution in [0.15, 0.2) is 58.4 Å². The van der Waals surface area contributed by atoms with Crippen molar-refractivity contribution >= 4 is 34.5 Å². The monoisotopic (exact) mass is 440 g/mol. The predicted octanol–water partition coefficient (Wildman–Crippen LogP) is 4.92. The molecule has 9 heteroatoms. The fourth-order valence-electron chi connectivity index (χ4n) is 2.63. The van der Waals surface area contributed by atoms with E-state index < -0.39 is 0 Å². The molecule has 4 rings (SSSR count). The molecule has 0 saturated heterocycles. The Morgan fingerprint density at radius 1 is 1.17 bits per heavy atom. The summed E-state index contributed by atoms with van der Waals surface area (Å²) in [6, 6.07) is 14.8. The first-order valence-corrected chi connectivity index (χ1v) is 10.3. The van der Waals surface area contributed by atoms with Crippen LogP contribution in [0, 0.1) is 6.92 Å². The molecule has 0 unspecified atom stereocenters. The number of rotatable bonds is 7. The van der Waals surface area contributed by atoms with Crippen molar-refractivity contribution in [1.82, 2.24) is 15.1 Å². The number of benzene rings is 2. The number of nitrogens with zero attached hydrogens (tertiary/aromatic N) is 3. The summed E-state index contributed by atoms with van der Waals surface area (Å²) in [6.45, 7) is 2.15. The number of aryl methyl sites for hydroxylation is 1. The van der Waals surface area contributed by atoms with Crippen molar-refractivity contribution < 1.29 is 14.1 Å². The number of hydrogen-bond acceptors (Lipinski definition) is 7. The lowest BCUT2D eigenvalue weighted by atomic mass is 10.2. The Labute approximate surface area is 181 Å². The molecule has 30 heavy (non-hydrogen) atoms. The average Bonchev–Trinajstić information content (AvgIpc) is 3.38. The maximum atomic E-state index is 12.2. The van der Waals surface area contributed by atoms with Crippen LogP contribution in [-0.2, 0) is 17.8 Å². The van der Waals surface area contributed by atoms with Crippen molar-refractivity contribution in [2.24, 2.45) is 0 Å². The fourth-order valence-corrected chi connectivity index (χ4v) is 3.63. The average molecular weight is 441 g/mol. The third-order valence-electron chi connectivity index (χ3n) is 4.11. The number of halogens is 1. The summed E-state index contributed by atoms with van der Waals surface area (Å²) in [5, 5.41) is 9.80. The number of nitrogens with one attached hydrogen (secondary N) is 1. The number of hydrogen-bond donors (Lipinski definition) is 1. The molecule has 0 saturated carbocycles. The maximum Gasteiger partial charge on any atom is 0.418 e. The topological polar surface area (TPSA) is 90.1 Å². The zero-order chi connectivity index (χ0) is 20.9. The number of ether oxygens (including phenoxy) is 1. The SMILES string of the molecule is Cc1ccc(NC(=O)Cc2nc(COc3nc(-c4ccccc4Cl)no3)cs2)cc1. The second-order valence-electron chi connectivity index (χ2n) is 6.48. The van der Waals surface area contributed by atoms with Gasteiger partial charge in [0.1, 0.15) is 11.6 Å². The number of aromatic nitrogens is 3. The Balaban J connectivity index is 1.31. The van der Waals surface area contributed by atoms with Crippen LogP contribution in [-0.4, -0.2) is 21.0 Å². The Morgan fingerprint density at radius 2 is 1.97 bits per heavy atom. The molecule has 0 bridgehead atoms. The van der Waals surface area contributed by atoms with Gasteiger partial charge >= 0.3 is 6.08 Å². The quantitative estimate of drug-likeness (QED) is 0.439. The van der Waals surface area contributed by atoms with Crippen LogP contribution in [0.25, 0.3) is 11.4 Å². The molecule has 0 aliphatic carbocycles. The summed E-state index contributed by atoms with van der Waals surface area (Å²) < 4.78 is 10.6. The Hall–Kier alpha value is -3.23. The fraction of sp³-hybridized carbons (Fsp3) is 0.143. The van der Waals surface area contributed by atoms with Crippen molar-refractivity contribution in [3.05, 3.63) is 75.2 Å². The number of carbonyl (C=O) groups is 1. The molecule has 1 amide bonds. The Bertz CT molecular complexity index is 1160. The van der Waals surface area contributed by atoms with Gasteiger partial charge in [-0.15, -0.1) is 11.3 Å². The summed E-state index contributed by atoms with van der Waals surface area (Å²) >= 11 is 7.53. The van der Waals surface area contributed by atoms with E-state index in [1.165, 1.54) is 11.3 Å². The number of thiazole rings is 1. The van der Waals surface area contributed by atoms with E-state index in [2.05, 4.69) is 20.4 Å².